The Balaban J connectivity index is 1.64. The number of hydrogen-bond donors (Lipinski definition) is 2. The topological polar surface area (TPSA) is 67.4 Å². The monoisotopic (exact) mass is 296 g/mol. The molecule has 0 atom stereocenters. The molecule has 1 aromatic rings. The van der Waals surface area contributed by atoms with E-state index in [1.807, 2.05) is 12.1 Å². The maximum atomic E-state index is 12.0. The number of rotatable bonds is 5. The smallest absolute Gasteiger partial charge is 0.240 e. The Morgan fingerprint density at radius 3 is 2.20 bits per heavy atom. The fourth-order valence-corrected chi connectivity index (χ4v) is 3.60. The summed E-state index contributed by atoms with van der Waals surface area (Å²) in [7, 11) is -3.34. The lowest BCUT2D eigenvalue weighted by Gasteiger charge is -2.24. The van der Waals surface area contributed by atoms with E-state index in [0.717, 1.165) is 44.6 Å². The Bertz CT molecular complexity index is 546. The van der Waals surface area contributed by atoms with E-state index in [0.29, 0.717) is 10.9 Å². The van der Waals surface area contributed by atoms with Crippen LogP contribution < -0.4 is 10.0 Å². The van der Waals surface area contributed by atoms with Gasteiger partial charge >= 0.3 is 0 Å². The van der Waals surface area contributed by atoms with Crippen LogP contribution in [0.3, 0.4) is 0 Å². The van der Waals surface area contributed by atoms with Gasteiger partial charge in [-0.05, 0) is 49.9 Å². The van der Waals surface area contributed by atoms with E-state index in [9.17, 15) is 8.42 Å². The molecule has 0 spiro atoms. The van der Waals surface area contributed by atoms with Gasteiger partial charge in [0.15, 0.2) is 0 Å². The van der Waals surface area contributed by atoms with Crippen molar-refractivity contribution in [2.75, 3.05) is 18.5 Å². The van der Waals surface area contributed by atoms with Crippen molar-refractivity contribution >= 4 is 15.7 Å². The Labute approximate surface area is 119 Å². The lowest BCUT2D eigenvalue weighted by atomic mass is 10.1. The van der Waals surface area contributed by atoms with Crippen molar-refractivity contribution in [2.45, 2.75) is 42.7 Å². The third-order valence-electron chi connectivity index (χ3n) is 3.66. The number of hydrogen-bond acceptors (Lipinski definition) is 4. The van der Waals surface area contributed by atoms with Gasteiger partial charge in [0.25, 0.3) is 0 Å². The molecule has 6 heteroatoms. The van der Waals surface area contributed by atoms with Crippen LogP contribution in [0.4, 0.5) is 5.69 Å². The van der Waals surface area contributed by atoms with Gasteiger partial charge in [0.2, 0.25) is 10.0 Å². The molecule has 5 nitrogen and oxygen atoms in total. The summed E-state index contributed by atoms with van der Waals surface area (Å²) in [6.07, 6.45) is 3.87. The van der Waals surface area contributed by atoms with Crippen LogP contribution >= 0.6 is 0 Å². The number of sulfonamides is 1. The minimum Gasteiger partial charge on any atom is -0.382 e. The van der Waals surface area contributed by atoms with Crippen molar-refractivity contribution < 1.29 is 13.2 Å². The molecular formula is C14H20N2O3S. The van der Waals surface area contributed by atoms with Gasteiger partial charge in [0, 0.05) is 31.0 Å². The highest BCUT2D eigenvalue weighted by Crippen LogP contribution is 2.23. The molecule has 1 aliphatic carbocycles. The van der Waals surface area contributed by atoms with Crippen molar-refractivity contribution in [1.82, 2.24) is 4.72 Å². The van der Waals surface area contributed by atoms with Gasteiger partial charge in [-0.3, -0.25) is 0 Å². The lowest BCUT2D eigenvalue weighted by molar-refractivity contribution is 0.0904. The molecule has 0 unspecified atom stereocenters. The molecule has 1 saturated carbocycles. The van der Waals surface area contributed by atoms with Gasteiger partial charge < -0.3 is 10.1 Å². The minimum absolute atomic E-state index is 0.139. The fourth-order valence-electron chi connectivity index (χ4n) is 2.30. The predicted molar refractivity (Wildman–Crippen MR) is 77.2 cm³/mol. The highest BCUT2D eigenvalue weighted by Gasteiger charge is 2.27. The zero-order valence-corrected chi connectivity index (χ0v) is 12.2. The summed E-state index contributed by atoms with van der Waals surface area (Å²) in [5.74, 6) is 0. The largest absolute Gasteiger partial charge is 0.382 e. The zero-order chi connectivity index (χ0) is 14.0. The van der Waals surface area contributed by atoms with E-state index >= 15 is 0 Å². The summed E-state index contributed by atoms with van der Waals surface area (Å²) in [6.45, 7) is 1.57. The minimum atomic E-state index is -3.34. The Kier molecular flexibility index (Phi) is 3.96. The Morgan fingerprint density at radius 1 is 0.950 bits per heavy atom. The maximum absolute atomic E-state index is 12.0. The van der Waals surface area contributed by atoms with Crippen LogP contribution in [0, 0.1) is 0 Å². The van der Waals surface area contributed by atoms with E-state index < -0.39 is 10.0 Å². The molecule has 2 N–H and O–H groups in total. The van der Waals surface area contributed by atoms with Gasteiger partial charge in [-0.1, -0.05) is 0 Å². The average molecular weight is 296 g/mol. The van der Waals surface area contributed by atoms with Gasteiger partial charge in [-0.15, -0.1) is 0 Å². The molecular weight excluding hydrogens is 276 g/mol. The normalized spacial score (nSPS) is 20.8. The van der Waals surface area contributed by atoms with Crippen LogP contribution in [0.25, 0.3) is 0 Å². The maximum Gasteiger partial charge on any atom is 0.240 e. The lowest BCUT2D eigenvalue weighted by Crippen LogP contribution is -2.28. The molecule has 110 valence electrons. The first-order chi connectivity index (χ1) is 9.63. The molecule has 1 aromatic carbocycles. The van der Waals surface area contributed by atoms with Crippen LogP contribution in [0.15, 0.2) is 29.2 Å². The highest BCUT2D eigenvalue weighted by molar-refractivity contribution is 7.89. The third kappa shape index (κ3) is 3.50. The number of anilines is 1. The van der Waals surface area contributed by atoms with E-state index in [-0.39, 0.29) is 6.04 Å². The van der Waals surface area contributed by atoms with Crippen LogP contribution in [0.1, 0.15) is 25.7 Å². The molecule has 20 heavy (non-hydrogen) atoms. The van der Waals surface area contributed by atoms with Gasteiger partial charge in [0.1, 0.15) is 0 Å². The second-order valence-corrected chi connectivity index (χ2v) is 7.16. The van der Waals surface area contributed by atoms with Gasteiger partial charge in [-0.2, -0.15) is 0 Å². The molecule has 2 aliphatic rings. The summed E-state index contributed by atoms with van der Waals surface area (Å²) in [5.41, 5.74) is 0.960. The van der Waals surface area contributed by atoms with Crippen molar-refractivity contribution in [1.29, 1.82) is 0 Å². The van der Waals surface area contributed by atoms with E-state index in [1.165, 1.54) is 0 Å². The Morgan fingerprint density at radius 2 is 1.60 bits per heavy atom. The Hall–Kier alpha value is -1.11. The molecule has 1 aliphatic heterocycles. The van der Waals surface area contributed by atoms with Crippen LogP contribution in [-0.4, -0.2) is 33.7 Å². The summed E-state index contributed by atoms with van der Waals surface area (Å²) in [5, 5.41) is 3.42. The second kappa shape index (κ2) is 5.71. The number of nitrogens with one attached hydrogen (secondary N) is 2. The van der Waals surface area contributed by atoms with Gasteiger partial charge in [0.05, 0.1) is 4.90 Å². The third-order valence-corrected chi connectivity index (χ3v) is 5.19. The zero-order valence-electron chi connectivity index (χ0n) is 11.3. The number of benzene rings is 1. The van der Waals surface area contributed by atoms with Crippen molar-refractivity contribution in [3.8, 4) is 0 Å². The van der Waals surface area contributed by atoms with Crippen molar-refractivity contribution in [2.24, 2.45) is 0 Å². The molecule has 1 heterocycles. The molecule has 0 aromatic heterocycles. The molecule has 1 saturated heterocycles. The van der Waals surface area contributed by atoms with E-state index in [2.05, 4.69) is 10.0 Å². The van der Waals surface area contributed by atoms with Crippen LogP contribution in [-0.2, 0) is 14.8 Å². The van der Waals surface area contributed by atoms with Gasteiger partial charge in [-0.25, -0.2) is 13.1 Å². The molecule has 3 rings (SSSR count). The quantitative estimate of drug-likeness (QED) is 0.868. The van der Waals surface area contributed by atoms with E-state index in [1.54, 1.807) is 12.1 Å². The van der Waals surface area contributed by atoms with Crippen molar-refractivity contribution in [3.05, 3.63) is 24.3 Å². The van der Waals surface area contributed by atoms with Crippen molar-refractivity contribution in [3.63, 3.8) is 0 Å². The van der Waals surface area contributed by atoms with E-state index in [4.69, 9.17) is 4.74 Å². The molecule has 2 fully saturated rings. The first-order valence-corrected chi connectivity index (χ1v) is 8.58. The SMILES string of the molecule is O=S(=O)(NC1CC1)c1ccc(NC2CCOCC2)cc1. The summed E-state index contributed by atoms with van der Waals surface area (Å²) in [6, 6.07) is 7.53. The second-order valence-electron chi connectivity index (χ2n) is 5.45. The average Bonchev–Trinajstić information content (AvgIpc) is 3.24. The molecule has 0 bridgehead atoms. The fraction of sp³-hybridized carbons (Fsp3) is 0.571. The first kappa shape index (κ1) is 13.9. The first-order valence-electron chi connectivity index (χ1n) is 7.10. The highest BCUT2D eigenvalue weighted by atomic mass is 32.2. The molecule has 0 amide bonds. The predicted octanol–water partition coefficient (Wildman–Crippen LogP) is 1.72. The standard InChI is InChI=1S/C14H20N2O3S/c17-20(18,16-13-1-2-13)14-5-3-11(4-6-14)15-12-7-9-19-10-8-12/h3-6,12-13,15-16H,1-2,7-10H2. The summed E-state index contributed by atoms with van der Waals surface area (Å²) >= 11 is 0. The summed E-state index contributed by atoms with van der Waals surface area (Å²) < 4.78 is 32.1. The molecule has 0 radical (unpaired) electrons. The number of ether oxygens (including phenoxy) is 1. The summed E-state index contributed by atoms with van der Waals surface area (Å²) in [4.78, 5) is 0.335. The van der Waals surface area contributed by atoms with Crippen LogP contribution in [0.5, 0.6) is 0 Å². The van der Waals surface area contributed by atoms with Crippen LogP contribution in [0.2, 0.25) is 0 Å².